The van der Waals surface area contributed by atoms with Crippen molar-refractivity contribution in [3.05, 3.63) is 123 Å². The Kier molecular flexibility index (Phi) is 5.41. The number of halogens is 1. The zero-order chi connectivity index (χ0) is 26.9. The van der Waals surface area contributed by atoms with E-state index in [1.807, 2.05) is 71.8 Å². The molecule has 4 aromatic rings. The number of nitrogens with zero attached hydrogens (tertiary/aromatic N) is 1. The number of nitrogens with one attached hydrogen (secondary N) is 1. The number of thiophene rings is 1. The SMILES string of the molecule is CC1=CC2N(c3ccccc31)C(C(=O)c1ccccc1Cl)C(C(=O)c1cccs1)C21C(=O)Nc2ccccc21. The van der Waals surface area contributed by atoms with Crippen LogP contribution in [0, 0.1) is 5.92 Å². The molecule has 1 spiro atoms. The van der Waals surface area contributed by atoms with Gasteiger partial charge in [0.2, 0.25) is 5.91 Å². The Hall–Kier alpha value is -4.00. The van der Waals surface area contributed by atoms with Crippen molar-refractivity contribution in [3.8, 4) is 0 Å². The summed E-state index contributed by atoms with van der Waals surface area (Å²) >= 11 is 7.89. The van der Waals surface area contributed by atoms with Crippen LogP contribution < -0.4 is 10.2 Å². The highest BCUT2D eigenvalue weighted by Gasteiger charge is 2.70. The summed E-state index contributed by atoms with van der Waals surface area (Å²) in [6.07, 6.45) is 2.05. The topological polar surface area (TPSA) is 66.5 Å². The summed E-state index contributed by atoms with van der Waals surface area (Å²) in [5.74, 6) is -1.77. The first-order valence-electron chi connectivity index (χ1n) is 12.8. The Bertz CT molecular complexity index is 1710. The van der Waals surface area contributed by atoms with Crippen molar-refractivity contribution in [2.75, 3.05) is 10.2 Å². The van der Waals surface area contributed by atoms with Gasteiger partial charge in [0.1, 0.15) is 11.5 Å². The average molecular weight is 551 g/mol. The van der Waals surface area contributed by atoms with Crippen LogP contribution in [0.1, 0.15) is 38.1 Å². The molecule has 7 heteroatoms. The number of hydrogen-bond acceptors (Lipinski definition) is 5. The third-order valence-corrected chi connectivity index (χ3v) is 9.55. The Labute approximate surface area is 234 Å². The molecule has 1 saturated heterocycles. The maximum atomic E-state index is 14.6. The number of hydrogen-bond donors (Lipinski definition) is 1. The van der Waals surface area contributed by atoms with Gasteiger partial charge in [0.15, 0.2) is 11.6 Å². The normalized spacial score (nSPS) is 24.6. The summed E-state index contributed by atoms with van der Waals surface area (Å²) in [6.45, 7) is 2.02. The number of ketones is 2. The second-order valence-electron chi connectivity index (χ2n) is 10.2. The molecular formula is C32H23ClN2O3S. The number of allylic oxidation sites excluding steroid dienone is 1. The molecule has 0 aliphatic carbocycles. The minimum Gasteiger partial charge on any atom is -0.352 e. The van der Waals surface area contributed by atoms with E-state index in [4.69, 9.17) is 11.6 Å². The van der Waals surface area contributed by atoms with Gasteiger partial charge < -0.3 is 10.2 Å². The molecule has 39 heavy (non-hydrogen) atoms. The molecule has 3 aromatic carbocycles. The van der Waals surface area contributed by atoms with Gasteiger partial charge in [-0.1, -0.05) is 72.3 Å². The largest absolute Gasteiger partial charge is 0.352 e. The fourth-order valence-electron chi connectivity index (χ4n) is 6.78. The van der Waals surface area contributed by atoms with E-state index < -0.39 is 23.4 Å². The van der Waals surface area contributed by atoms with Crippen LogP contribution in [0.2, 0.25) is 5.02 Å². The summed E-state index contributed by atoms with van der Waals surface area (Å²) in [5.41, 5.74) is 3.20. The third kappa shape index (κ3) is 3.22. The number of Topliss-reactive ketones (excluding diaryl/α,β-unsaturated/α-hetero) is 2. The molecule has 0 saturated carbocycles. The first-order valence-corrected chi connectivity index (χ1v) is 14.0. The van der Waals surface area contributed by atoms with Crippen LogP contribution >= 0.6 is 22.9 Å². The number of carbonyl (C=O) groups is 3. The highest BCUT2D eigenvalue weighted by atomic mass is 35.5. The van der Waals surface area contributed by atoms with E-state index >= 15 is 0 Å². The van der Waals surface area contributed by atoms with Gasteiger partial charge in [-0.3, -0.25) is 14.4 Å². The smallest absolute Gasteiger partial charge is 0.238 e. The molecule has 4 heterocycles. The number of amides is 1. The summed E-state index contributed by atoms with van der Waals surface area (Å²) in [7, 11) is 0. The maximum absolute atomic E-state index is 14.6. The van der Waals surface area contributed by atoms with Crippen molar-refractivity contribution in [3.63, 3.8) is 0 Å². The van der Waals surface area contributed by atoms with Crippen molar-refractivity contribution >= 4 is 57.4 Å². The van der Waals surface area contributed by atoms with Crippen LogP contribution in [0.25, 0.3) is 5.57 Å². The van der Waals surface area contributed by atoms with E-state index in [0.717, 1.165) is 22.4 Å². The molecule has 1 N–H and O–H groups in total. The fourth-order valence-corrected chi connectivity index (χ4v) is 7.71. The molecule has 1 amide bonds. The van der Waals surface area contributed by atoms with Gasteiger partial charge in [-0.15, -0.1) is 11.3 Å². The minimum absolute atomic E-state index is 0.222. The maximum Gasteiger partial charge on any atom is 0.238 e. The number of rotatable bonds is 4. The van der Waals surface area contributed by atoms with E-state index in [-0.39, 0.29) is 17.5 Å². The second kappa shape index (κ2) is 8.76. The van der Waals surface area contributed by atoms with Gasteiger partial charge in [-0.25, -0.2) is 0 Å². The molecule has 3 aliphatic heterocycles. The van der Waals surface area contributed by atoms with Gasteiger partial charge in [0.05, 0.1) is 21.9 Å². The molecule has 7 rings (SSSR count). The summed E-state index contributed by atoms with van der Waals surface area (Å²) in [5, 5.41) is 5.22. The molecule has 0 radical (unpaired) electrons. The Balaban J connectivity index is 1.57. The molecule has 4 unspecified atom stereocenters. The minimum atomic E-state index is -1.33. The number of fused-ring (bicyclic) bond motifs is 6. The molecule has 1 aromatic heterocycles. The highest BCUT2D eigenvalue weighted by molar-refractivity contribution is 7.12. The molecular weight excluding hydrogens is 528 g/mol. The number of para-hydroxylation sites is 2. The molecule has 192 valence electrons. The van der Waals surface area contributed by atoms with Crippen LogP contribution in [0.15, 0.2) is 96.4 Å². The molecule has 3 aliphatic rings. The lowest BCUT2D eigenvalue weighted by Gasteiger charge is -2.39. The van der Waals surface area contributed by atoms with Crippen LogP contribution in [-0.2, 0) is 10.2 Å². The van der Waals surface area contributed by atoms with Crippen LogP contribution in [0.3, 0.4) is 0 Å². The number of anilines is 2. The van der Waals surface area contributed by atoms with Crippen molar-refractivity contribution < 1.29 is 14.4 Å². The number of carbonyl (C=O) groups excluding carboxylic acids is 3. The molecule has 0 bridgehead atoms. The summed E-state index contributed by atoms with van der Waals surface area (Å²) in [6, 6.07) is 24.3. The van der Waals surface area contributed by atoms with Crippen molar-refractivity contribution in [1.29, 1.82) is 0 Å². The zero-order valence-electron chi connectivity index (χ0n) is 20.9. The van der Waals surface area contributed by atoms with Crippen molar-refractivity contribution in [2.45, 2.75) is 24.4 Å². The average Bonchev–Trinajstić information content (AvgIpc) is 3.66. The summed E-state index contributed by atoms with van der Waals surface area (Å²) < 4.78 is 0. The van der Waals surface area contributed by atoms with E-state index in [1.165, 1.54) is 11.3 Å². The lowest BCUT2D eigenvalue weighted by molar-refractivity contribution is -0.121. The van der Waals surface area contributed by atoms with Gasteiger partial charge >= 0.3 is 0 Å². The molecule has 1 fully saturated rings. The first kappa shape index (κ1) is 24.1. The van der Waals surface area contributed by atoms with Gasteiger partial charge in [-0.05, 0) is 53.8 Å². The Morgan fingerprint density at radius 3 is 2.46 bits per heavy atom. The van der Waals surface area contributed by atoms with Gasteiger partial charge in [-0.2, -0.15) is 0 Å². The molecule has 4 atom stereocenters. The quantitative estimate of drug-likeness (QED) is 0.289. The highest BCUT2D eigenvalue weighted by Crippen LogP contribution is 2.59. The van der Waals surface area contributed by atoms with Crippen LogP contribution in [0.4, 0.5) is 11.4 Å². The standard InChI is InChI=1S/C32H23ClN2O3S/c1-18-17-26-32(21-11-4-6-13-23(21)34-31(32)38)27(30(37)25-15-8-16-39-25)28(29(36)20-10-2-5-12-22(20)33)35(26)24-14-7-3-9-19(18)24/h2-17,26-28H,1H3,(H,34,38). The monoisotopic (exact) mass is 550 g/mol. The third-order valence-electron chi connectivity index (χ3n) is 8.34. The fraction of sp³-hybridized carbons (Fsp3) is 0.156. The second-order valence-corrected chi connectivity index (χ2v) is 11.6. The number of benzene rings is 3. The van der Waals surface area contributed by atoms with Crippen LogP contribution in [0.5, 0.6) is 0 Å². The van der Waals surface area contributed by atoms with E-state index in [1.54, 1.807) is 30.3 Å². The zero-order valence-corrected chi connectivity index (χ0v) is 22.5. The van der Waals surface area contributed by atoms with Gasteiger partial charge in [0, 0.05) is 22.5 Å². The predicted molar refractivity (Wildman–Crippen MR) is 155 cm³/mol. The Morgan fingerprint density at radius 2 is 1.67 bits per heavy atom. The lowest BCUT2D eigenvalue weighted by Crippen LogP contribution is -2.51. The Morgan fingerprint density at radius 1 is 0.923 bits per heavy atom. The van der Waals surface area contributed by atoms with Crippen molar-refractivity contribution in [1.82, 2.24) is 0 Å². The predicted octanol–water partition coefficient (Wildman–Crippen LogP) is 6.65. The van der Waals surface area contributed by atoms with E-state index in [2.05, 4.69) is 11.4 Å². The van der Waals surface area contributed by atoms with E-state index in [0.29, 0.717) is 21.2 Å². The molecule has 5 nitrogen and oxygen atoms in total. The first-order chi connectivity index (χ1) is 18.9. The van der Waals surface area contributed by atoms with Crippen molar-refractivity contribution in [2.24, 2.45) is 5.92 Å². The van der Waals surface area contributed by atoms with Gasteiger partial charge in [0.25, 0.3) is 0 Å². The van der Waals surface area contributed by atoms with E-state index in [9.17, 15) is 14.4 Å². The van der Waals surface area contributed by atoms with Crippen LogP contribution in [-0.4, -0.2) is 29.6 Å². The lowest BCUT2D eigenvalue weighted by atomic mass is 9.64. The summed E-state index contributed by atoms with van der Waals surface area (Å²) in [4.78, 5) is 46.1.